The predicted molar refractivity (Wildman–Crippen MR) is 116 cm³/mol. The Balaban J connectivity index is 2.07. The van der Waals surface area contributed by atoms with Gasteiger partial charge in [-0.2, -0.15) is 0 Å². The van der Waals surface area contributed by atoms with Crippen LogP contribution in [0.5, 0.6) is 0 Å². The molecule has 0 spiro atoms. The minimum absolute atomic E-state index is 0.0371. The van der Waals surface area contributed by atoms with Crippen LogP contribution >= 0.6 is 23.2 Å². The van der Waals surface area contributed by atoms with E-state index in [1.54, 1.807) is 12.1 Å². The van der Waals surface area contributed by atoms with Gasteiger partial charge in [0.15, 0.2) is 0 Å². The maximum Gasteiger partial charge on any atom is 0.243 e. The number of aromatic nitrogens is 2. The number of benzene rings is 2. The van der Waals surface area contributed by atoms with E-state index in [9.17, 15) is 4.79 Å². The molecule has 0 aliphatic heterocycles. The summed E-state index contributed by atoms with van der Waals surface area (Å²) in [6, 6.07) is 11.6. The number of fused-ring (bicyclic) bond motifs is 1. The topological polar surface area (TPSA) is 46.9 Å². The van der Waals surface area contributed by atoms with Gasteiger partial charge in [0, 0.05) is 12.5 Å². The minimum atomic E-state index is -0.420. The Labute approximate surface area is 175 Å². The SMILES string of the molecule is CC[C@H](C)NC(=O)[C@H](C)n1c(Cc2ccc(C)cc2)nc2cc(Cl)c(Cl)cc21. The Bertz CT molecular complexity index is 995. The van der Waals surface area contributed by atoms with Gasteiger partial charge in [0.1, 0.15) is 11.9 Å². The van der Waals surface area contributed by atoms with E-state index < -0.39 is 6.04 Å². The zero-order valence-electron chi connectivity index (χ0n) is 16.6. The Morgan fingerprint density at radius 3 is 2.43 bits per heavy atom. The fourth-order valence-electron chi connectivity index (χ4n) is 3.17. The number of carbonyl (C=O) groups excluding carboxylic acids is 1. The normalized spacial score (nSPS) is 13.5. The van der Waals surface area contributed by atoms with E-state index in [-0.39, 0.29) is 11.9 Å². The van der Waals surface area contributed by atoms with Crippen molar-refractivity contribution in [2.24, 2.45) is 0 Å². The molecule has 6 heteroatoms. The molecule has 2 atom stereocenters. The van der Waals surface area contributed by atoms with Gasteiger partial charge in [-0.3, -0.25) is 4.79 Å². The molecule has 0 fully saturated rings. The van der Waals surface area contributed by atoms with Crippen LogP contribution in [0, 0.1) is 6.92 Å². The molecule has 148 valence electrons. The molecule has 4 nitrogen and oxygen atoms in total. The van der Waals surface area contributed by atoms with Crippen molar-refractivity contribution in [2.75, 3.05) is 0 Å². The number of hydrogen-bond acceptors (Lipinski definition) is 2. The molecule has 1 N–H and O–H groups in total. The fraction of sp³-hybridized carbons (Fsp3) is 0.364. The Morgan fingerprint density at radius 1 is 1.14 bits per heavy atom. The largest absolute Gasteiger partial charge is 0.352 e. The van der Waals surface area contributed by atoms with Gasteiger partial charge in [-0.1, -0.05) is 60.0 Å². The van der Waals surface area contributed by atoms with Crippen molar-refractivity contribution >= 4 is 40.1 Å². The molecule has 1 amide bonds. The highest BCUT2D eigenvalue weighted by Crippen LogP contribution is 2.31. The summed E-state index contributed by atoms with van der Waals surface area (Å²) in [6.45, 7) is 8.00. The van der Waals surface area contributed by atoms with Gasteiger partial charge < -0.3 is 9.88 Å². The van der Waals surface area contributed by atoms with Crippen LogP contribution in [0.4, 0.5) is 0 Å². The van der Waals surface area contributed by atoms with Crippen molar-refractivity contribution in [2.45, 2.75) is 52.6 Å². The lowest BCUT2D eigenvalue weighted by atomic mass is 10.1. The van der Waals surface area contributed by atoms with Crippen molar-refractivity contribution in [3.8, 4) is 0 Å². The first-order valence-corrected chi connectivity index (χ1v) is 10.3. The first kappa shape index (κ1) is 20.7. The molecule has 3 aromatic rings. The molecular formula is C22H25Cl2N3O. The van der Waals surface area contributed by atoms with Crippen molar-refractivity contribution in [1.29, 1.82) is 0 Å². The highest BCUT2D eigenvalue weighted by atomic mass is 35.5. The van der Waals surface area contributed by atoms with Gasteiger partial charge in [0.05, 0.1) is 21.1 Å². The quantitative estimate of drug-likeness (QED) is 0.557. The van der Waals surface area contributed by atoms with E-state index in [4.69, 9.17) is 28.2 Å². The monoisotopic (exact) mass is 417 g/mol. The number of amides is 1. The second kappa shape index (κ2) is 8.54. The van der Waals surface area contributed by atoms with Crippen LogP contribution in [0.3, 0.4) is 0 Å². The van der Waals surface area contributed by atoms with E-state index in [1.807, 2.05) is 25.3 Å². The van der Waals surface area contributed by atoms with Crippen LogP contribution in [-0.4, -0.2) is 21.5 Å². The third-order valence-corrected chi connectivity index (χ3v) is 5.78. The highest BCUT2D eigenvalue weighted by Gasteiger charge is 2.23. The molecular weight excluding hydrogens is 393 g/mol. The number of halogens is 2. The smallest absolute Gasteiger partial charge is 0.243 e. The van der Waals surface area contributed by atoms with Crippen molar-refractivity contribution in [1.82, 2.24) is 14.9 Å². The highest BCUT2D eigenvalue weighted by molar-refractivity contribution is 6.42. The Kier molecular flexibility index (Phi) is 6.31. The Morgan fingerprint density at radius 2 is 1.79 bits per heavy atom. The average Bonchev–Trinajstić information content (AvgIpc) is 2.99. The third-order valence-electron chi connectivity index (χ3n) is 5.06. The van der Waals surface area contributed by atoms with Crippen LogP contribution in [-0.2, 0) is 11.2 Å². The lowest BCUT2D eigenvalue weighted by molar-refractivity contribution is -0.124. The zero-order chi connectivity index (χ0) is 20.4. The van der Waals surface area contributed by atoms with Crippen molar-refractivity contribution in [3.63, 3.8) is 0 Å². The summed E-state index contributed by atoms with van der Waals surface area (Å²) < 4.78 is 1.97. The molecule has 1 aromatic heterocycles. The Hall–Kier alpha value is -2.04. The summed E-state index contributed by atoms with van der Waals surface area (Å²) in [7, 11) is 0. The molecule has 2 aromatic carbocycles. The summed E-state index contributed by atoms with van der Waals surface area (Å²) in [5.41, 5.74) is 3.88. The van der Waals surface area contributed by atoms with Crippen molar-refractivity contribution in [3.05, 3.63) is 63.4 Å². The molecule has 0 aliphatic carbocycles. The molecule has 3 rings (SSSR count). The summed E-state index contributed by atoms with van der Waals surface area (Å²) in [4.78, 5) is 17.6. The molecule has 0 saturated carbocycles. The van der Waals surface area contributed by atoms with Gasteiger partial charge in [0.2, 0.25) is 5.91 Å². The van der Waals surface area contributed by atoms with Gasteiger partial charge in [-0.15, -0.1) is 0 Å². The van der Waals surface area contributed by atoms with Crippen LogP contribution < -0.4 is 5.32 Å². The number of imidazole rings is 1. The number of aryl methyl sites for hydroxylation is 1. The van der Waals surface area contributed by atoms with Crippen LogP contribution in [0.15, 0.2) is 36.4 Å². The standard InChI is InChI=1S/C22H25Cl2N3O/c1-5-14(3)25-22(28)15(4)27-20-12-18(24)17(23)11-19(20)26-21(27)10-16-8-6-13(2)7-9-16/h6-9,11-12,14-15H,5,10H2,1-4H3,(H,25,28)/t14-,15-/m0/s1. The van der Waals surface area contributed by atoms with E-state index in [1.165, 1.54) is 5.56 Å². The maximum absolute atomic E-state index is 12.8. The maximum atomic E-state index is 12.8. The van der Waals surface area contributed by atoms with Gasteiger partial charge in [-0.05, 0) is 44.9 Å². The van der Waals surface area contributed by atoms with Gasteiger partial charge in [0.25, 0.3) is 0 Å². The van der Waals surface area contributed by atoms with Crippen LogP contribution in [0.25, 0.3) is 11.0 Å². The predicted octanol–water partition coefficient (Wildman–Crippen LogP) is 5.72. The lowest BCUT2D eigenvalue weighted by Gasteiger charge is -2.20. The van der Waals surface area contributed by atoms with E-state index in [0.717, 1.165) is 28.8 Å². The summed E-state index contributed by atoms with van der Waals surface area (Å²) >= 11 is 12.5. The molecule has 0 bridgehead atoms. The van der Waals surface area contributed by atoms with Crippen LogP contribution in [0.1, 0.15) is 50.2 Å². The molecule has 0 radical (unpaired) electrons. The number of carbonyl (C=O) groups is 1. The summed E-state index contributed by atoms with van der Waals surface area (Å²) in [5, 5.41) is 3.97. The van der Waals surface area contributed by atoms with Crippen molar-refractivity contribution < 1.29 is 4.79 Å². The molecule has 0 saturated heterocycles. The summed E-state index contributed by atoms with van der Waals surface area (Å²) in [5.74, 6) is 0.772. The first-order valence-electron chi connectivity index (χ1n) is 9.52. The summed E-state index contributed by atoms with van der Waals surface area (Å²) in [6.07, 6.45) is 1.49. The minimum Gasteiger partial charge on any atom is -0.352 e. The van der Waals surface area contributed by atoms with Gasteiger partial charge in [-0.25, -0.2) is 4.98 Å². The van der Waals surface area contributed by atoms with Crippen LogP contribution in [0.2, 0.25) is 10.0 Å². The fourth-order valence-corrected chi connectivity index (χ4v) is 3.48. The molecule has 0 unspecified atom stereocenters. The van der Waals surface area contributed by atoms with Gasteiger partial charge >= 0.3 is 0 Å². The second-order valence-electron chi connectivity index (χ2n) is 7.31. The number of hydrogen-bond donors (Lipinski definition) is 1. The number of nitrogens with one attached hydrogen (secondary N) is 1. The molecule has 1 heterocycles. The lowest BCUT2D eigenvalue weighted by Crippen LogP contribution is -2.37. The second-order valence-corrected chi connectivity index (χ2v) is 8.12. The van der Waals surface area contributed by atoms with E-state index in [2.05, 4.69) is 36.5 Å². The third kappa shape index (κ3) is 4.34. The van der Waals surface area contributed by atoms with E-state index >= 15 is 0 Å². The number of rotatable bonds is 6. The van der Waals surface area contributed by atoms with E-state index in [0.29, 0.717) is 16.5 Å². The molecule has 0 aliphatic rings. The first-order chi connectivity index (χ1) is 13.3. The molecule has 28 heavy (non-hydrogen) atoms. The number of nitrogens with zero attached hydrogens (tertiary/aromatic N) is 2. The zero-order valence-corrected chi connectivity index (χ0v) is 18.1. The average molecular weight is 418 g/mol.